The lowest BCUT2D eigenvalue weighted by Crippen LogP contribution is -2.32. The molecule has 2 atom stereocenters. The Bertz CT molecular complexity index is 608. The normalized spacial score (nSPS) is 17.6. The predicted molar refractivity (Wildman–Crippen MR) is 82.0 cm³/mol. The van der Waals surface area contributed by atoms with Crippen LogP contribution in [0.3, 0.4) is 0 Å². The highest BCUT2D eigenvalue weighted by molar-refractivity contribution is 5.37. The lowest BCUT2D eigenvalue weighted by molar-refractivity contribution is 0.221. The number of hydrogen-bond donors (Lipinski definition) is 1. The van der Waals surface area contributed by atoms with Crippen LogP contribution in [-0.4, -0.2) is 12.6 Å². The van der Waals surface area contributed by atoms with Crippen molar-refractivity contribution in [3.05, 3.63) is 65.7 Å². The van der Waals surface area contributed by atoms with Gasteiger partial charge >= 0.3 is 0 Å². The number of hydrogen-bond acceptors (Lipinski definition) is 3. The van der Waals surface area contributed by atoms with Gasteiger partial charge in [-0.1, -0.05) is 48.5 Å². The Morgan fingerprint density at radius 1 is 1.14 bits per heavy atom. The van der Waals surface area contributed by atoms with E-state index in [0.717, 1.165) is 24.3 Å². The molecule has 2 unspecified atom stereocenters. The molecule has 2 aromatic carbocycles. The lowest BCUT2D eigenvalue weighted by atomic mass is 10.0. The van der Waals surface area contributed by atoms with E-state index in [9.17, 15) is 0 Å². The zero-order valence-corrected chi connectivity index (χ0v) is 11.8. The first kappa shape index (κ1) is 13.7. The van der Waals surface area contributed by atoms with Crippen molar-refractivity contribution in [2.75, 3.05) is 6.54 Å². The summed E-state index contributed by atoms with van der Waals surface area (Å²) in [5.41, 5.74) is 2.41. The first-order chi connectivity index (χ1) is 10.4. The minimum Gasteiger partial charge on any atom is -0.488 e. The van der Waals surface area contributed by atoms with E-state index < -0.39 is 0 Å². The third-order valence-electron chi connectivity index (χ3n) is 3.80. The van der Waals surface area contributed by atoms with Crippen LogP contribution in [0.4, 0.5) is 0 Å². The fourth-order valence-electron chi connectivity index (χ4n) is 2.73. The summed E-state index contributed by atoms with van der Waals surface area (Å²) in [6.07, 6.45) is 1.54. The summed E-state index contributed by atoms with van der Waals surface area (Å²) in [6.45, 7) is 0.746. The number of nitrogens with zero attached hydrogens (tertiary/aromatic N) is 1. The maximum Gasteiger partial charge on any atom is 0.123 e. The molecule has 1 heterocycles. The fraction of sp³-hybridized carbons (Fsp3) is 0.278. The Kier molecular flexibility index (Phi) is 4.18. The Morgan fingerprint density at radius 3 is 2.67 bits per heavy atom. The van der Waals surface area contributed by atoms with E-state index >= 15 is 0 Å². The average molecular weight is 278 g/mol. The zero-order valence-electron chi connectivity index (χ0n) is 11.8. The smallest absolute Gasteiger partial charge is 0.123 e. The molecule has 0 bridgehead atoms. The van der Waals surface area contributed by atoms with Gasteiger partial charge < -0.3 is 10.1 Å². The monoisotopic (exact) mass is 278 g/mol. The molecule has 0 aliphatic carbocycles. The molecule has 1 aliphatic rings. The van der Waals surface area contributed by atoms with Crippen molar-refractivity contribution < 1.29 is 4.74 Å². The molecular formula is C18H18N2O. The maximum absolute atomic E-state index is 9.01. The van der Waals surface area contributed by atoms with Gasteiger partial charge in [0, 0.05) is 19.0 Å². The van der Waals surface area contributed by atoms with Gasteiger partial charge in [0.1, 0.15) is 11.9 Å². The van der Waals surface area contributed by atoms with Crippen molar-refractivity contribution in [3.8, 4) is 11.8 Å². The number of rotatable bonds is 5. The molecule has 3 nitrogen and oxygen atoms in total. The SMILES string of the molecule is N#CCC(NCC1Cc2ccccc2O1)c1ccccc1. The van der Waals surface area contributed by atoms with Crippen molar-refractivity contribution in [1.82, 2.24) is 5.32 Å². The van der Waals surface area contributed by atoms with Gasteiger partial charge in [-0.15, -0.1) is 0 Å². The Balaban J connectivity index is 1.60. The van der Waals surface area contributed by atoms with Crippen molar-refractivity contribution in [3.63, 3.8) is 0 Å². The number of ether oxygens (including phenoxy) is 1. The molecule has 1 aliphatic heterocycles. The molecule has 3 heteroatoms. The van der Waals surface area contributed by atoms with Crippen LogP contribution in [0.25, 0.3) is 0 Å². The minimum absolute atomic E-state index is 0.0588. The van der Waals surface area contributed by atoms with Crippen LogP contribution < -0.4 is 10.1 Å². The van der Waals surface area contributed by atoms with Gasteiger partial charge in [0.25, 0.3) is 0 Å². The first-order valence-electron chi connectivity index (χ1n) is 7.26. The van der Waals surface area contributed by atoms with Gasteiger partial charge in [0.15, 0.2) is 0 Å². The summed E-state index contributed by atoms with van der Waals surface area (Å²) in [7, 11) is 0. The van der Waals surface area contributed by atoms with Gasteiger partial charge in [0.05, 0.1) is 12.5 Å². The predicted octanol–water partition coefficient (Wildman–Crippen LogP) is 3.23. The molecule has 21 heavy (non-hydrogen) atoms. The van der Waals surface area contributed by atoms with Crippen molar-refractivity contribution in [2.45, 2.75) is 25.0 Å². The van der Waals surface area contributed by atoms with Crippen LogP contribution in [0.1, 0.15) is 23.6 Å². The van der Waals surface area contributed by atoms with E-state index in [0.29, 0.717) is 6.42 Å². The number of nitriles is 1. The van der Waals surface area contributed by atoms with Gasteiger partial charge in [0.2, 0.25) is 0 Å². The Morgan fingerprint density at radius 2 is 1.90 bits per heavy atom. The summed E-state index contributed by atoms with van der Waals surface area (Å²) < 4.78 is 5.93. The van der Waals surface area contributed by atoms with E-state index in [1.165, 1.54) is 5.56 Å². The van der Waals surface area contributed by atoms with Crippen molar-refractivity contribution in [1.29, 1.82) is 5.26 Å². The Labute approximate surface area is 125 Å². The maximum atomic E-state index is 9.01. The summed E-state index contributed by atoms with van der Waals surface area (Å²) in [6, 6.07) is 20.6. The second-order valence-electron chi connectivity index (χ2n) is 5.29. The third kappa shape index (κ3) is 3.24. The van der Waals surface area contributed by atoms with Crippen LogP contribution in [-0.2, 0) is 6.42 Å². The highest BCUT2D eigenvalue weighted by Gasteiger charge is 2.23. The van der Waals surface area contributed by atoms with E-state index in [4.69, 9.17) is 10.00 Å². The van der Waals surface area contributed by atoms with Crippen molar-refractivity contribution in [2.24, 2.45) is 0 Å². The summed E-state index contributed by atoms with van der Waals surface area (Å²) in [5.74, 6) is 0.987. The van der Waals surface area contributed by atoms with Gasteiger partial charge in [-0.2, -0.15) is 5.26 Å². The van der Waals surface area contributed by atoms with Crippen molar-refractivity contribution >= 4 is 0 Å². The number of para-hydroxylation sites is 1. The van der Waals surface area contributed by atoms with Gasteiger partial charge in [-0.25, -0.2) is 0 Å². The molecule has 106 valence electrons. The summed E-state index contributed by atoms with van der Waals surface area (Å²) in [4.78, 5) is 0. The largest absolute Gasteiger partial charge is 0.488 e. The molecule has 0 radical (unpaired) electrons. The number of nitrogens with one attached hydrogen (secondary N) is 1. The molecule has 0 saturated heterocycles. The second kappa shape index (κ2) is 6.43. The highest BCUT2D eigenvalue weighted by Crippen LogP contribution is 2.28. The average Bonchev–Trinajstić information content (AvgIpc) is 2.95. The molecule has 1 N–H and O–H groups in total. The summed E-state index contributed by atoms with van der Waals surface area (Å²) in [5, 5.41) is 12.5. The molecule has 0 spiro atoms. The number of fused-ring (bicyclic) bond motifs is 1. The highest BCUT2D eigenvalue weighted by atomic mass is 16.5. The third-order valence-corrected chi connectivity index (χ3v) is 3.80. The Hall–Kier alpha value is -2.31. The molecular weight excluding hydrogens is 260 g/mol. The van der Waals surface area contributed by atoms with Crippen LogP contribution >= 0.6 is 0 Å². The standard InChI is InChI=1S/C18H18N2O/c19-11-10-17(14-6-2-1-3-7-14)20-13-16-12-15-8-4-5-9-18(15)21-16/h1-9,16-17,20H,10,12-13H2. The molecule has 0 amide bonds. The van der Waals surface area contributed by atoms with Gasteiger partial charge in [-0.3, -0.25) is 0 Å². The number of benzene rings is 2. The van der Waals surface area contributed by atoms with Crippen LogP contribution in [0.2, 0.25) is 0 Å². The molecule has 0 saturated carbocycles. The second-order valence-corrected chi connectivity index (χ2v) is 5.29. The molecule has 0 fully saturated rings. The van der Waals surface area contributed by atoms with E-state index in [2.05, 4.69) is 29.6 Å². The van der Waals surface area contributed by atoms with Crippen LogP contribution in [0, 0.1) is 11.3 Å². The quantitative estimate of drug-likeness (QED) is 0.913. The zero-order chi connectivity index (χ0) is 14.5. The minimum atomic E-state index is 0.0588. The van der Waals surface area contributed by atoms with Gasteiger partial charge in [-0.05, 0) is 17.2 Å². The summed E-state index contributed by atoms with van der Waals surface area (Å²) >= 11 is 0. The fourth-order valence-corrected chi connectivity index (χ4v) is 2.73. The topological polar surface area (TPSA) is 45.0 Å². The molecule has 2 aromatic rings. The van der Waals surface area contributed by atoms with E-state index in [1.54, 1.807) is 0 Å². The van der Waals surface area contributed by atoms with Crippen LogP contribution in [0.15, 0.2) is 54.6 Å². The van der Waals surface area contributed by atoms with Crippen LogP contribution in [0.5, 0.6) is 5.75 Å². The molecule has 0 aromatic heterocycles. The van der Waals surface area contributed by atoms with E-state index in [1.807, 2.05) is 36.4 Å². The van der Waals surface area contributed by atoms with E-state index in [-0.39, 0.29) is 12.1 Å². The first-order valence-corrected chi connectivity index (χ1v) is 7.26. The molecule has 3 rings (SSSR count). The lowest BCUT2D eigenvalue weighted by Gasteiger charge is -2.19.